The van der Waals surface area contributed by atoms with E-state index in [1.54, 1.807) is 4.31 Å². The fourth-order valence-corrected chi connectivity index (χ4v) is 4.28. The van der Waals surface area contributed by atoms with Gasteiger partial charge in [0.25, 0.3) is 0 Å². The van der Waals surface area contributed by atoms with Crippen molar-refractivity contribution in [1.29, 1.82) is 0 Å². The van der Waals surface area contributed by atoms with Crippen molar-refractivity contribution in [2.24, 2.45) is 11.3 Å². The molecule has 1 amide bonds. The number of carbonyl (C=O) groups excluding carboxylic acids is 1. The van der Waals surface area contributed by atoms with Crippen LogP contribution in [0.15, 0.2) is 0 Å². The summed E-state index contributed by atoms with van der Waals surface area (Å²) in [4.78, 5) is 11.9. The van der Waals surface area contributed by atoms with Crippen LogP contribution >= 0.6 is 0 Å². The van der Waals surface area contributed by atoms with Crippen LogP contribution in [0.25, 0.3) is 0 Å². The van der Waals surface area contributed by atoms with E-state index < -0.39 is 15.4 Å². The second-order valence-corrected chi connectivity index (χ2v) is 9.24. The van der Waals surface area contributed by atoms with Crippen LogP contribution in [0.1, 0.15) is 33.6 Å². The number of hydrogen-bond donors (Lipinski definition) is 1. The lowest BCUT2D eigenvalue weighted by atomic mass is 9.94. The molecule has 1 N–H and O–H groups in total. The van der Waals surface area contributed by atoms with Crippen LogP contribution in [-0.2, 0) is 19.6 Å². The van der Waals surface area contributed by atoms with Crippen molar-refractivity contribution in [2.75, 3.05) is 32.8 Å². The summed E-state index contributed by atoms with van der Waals surface area (Å²) in [5.41, 5.74) is -0.413. The Balaban J connectivity index is 1.88. The first kappa shape index (κ1) is 16.7. The molecule has 2 rings (SSSR count). The Morgan fingerprint density at radius 1 is 1.33 bits per heavy atom. The maximum atomic E-state index is 12.4. The number of ether oxygens (including phenoxy) is 1. The quantitative estimate of drug-likeness (QED) is 0.823. The Labute approximate surface area is 127 Å². The molecule has 2 fully saturated rings. The van der Waals surface area contributed by atoms with Gasteiger partial charge in [-0.3, -0.25) is 4.79 Å². The van der Waals surface area contributed by atoms with Crippen molar-refractivity contribution in [2.45, 2.75) is 38.9 Å². The fraction of sp³-hybridized carbons (Fsp3) is 0.929. The zero-order valence-electron chi connectivity index (χ0n) is 13.1. The van der Waals surface area contributed by atoms with Crippen molar-refractivity contribution < 1.29 is 17.9 Å². The third-order valence-electron chi connectivity index (χ3n) is 4.10. The maximum Gasteiger partial charge on any atom is 0.225 e. The van der Waals surface area contributed by atoms with Crippen LogP contribution in [0.3, 0.4) is 0 Å². The van der Waals surface area contributed by atoms with Crippen molar-refractivity contribution in [3.63, 3.8) is 0 Å². The van der Waals surface area contributed by atoms with Gasteiger partial charge in [-0.05, 0) is 18.8 Å². The normalized spacial score (nSPS) is 25.4. The van der Waals surface area contributed by atoms with Gasteiger partial charge in [0.2, 0.25) is 15.9 Å². The number of amides is 1. The number of nitrogens with zero attached hydrogens (tertiary/aromatic N) is 1. The lowest BCUT2D eigenvalue weighted by molar-refractivity contribution is -0.128. The largest absolute Gasteiger partial charge is 0.378 e. The average Bonchev–Trinajstić information content (AvgIpc) is 2.32. The number of piperidine rings is 1. The standard InChI is InChI=1S/C14H26N2O4S/c1-14(2,3)13(17)15-7-11-5-4-6-16(8-11)21(18,19)12-9-20-10-12/h11-12H,4-10H2,1-3H3,(H,15,17). The van der Waals surface area contributed by atoms with E-state index >= 15 is 0 Å². The van der Waals surface area contributed by atoms with Crippen LogP contribution in [0.2, 0.25) is 0 Å². The highest BCUT2D eigenvalue weighted by Gasteiger charge is 2.39. The van der Waals surface area contributed by atoms with Crippen LogP contribution < -0.4 is 5.32 Å². The number of hydrogen-bond acceptors (Lipinski definition) is 4. The summed E-state index contributed by atoms with van der Waals surface area (Å²) < 4.78 is 31.3. The Bertz CT molecular complexity index is 480. The van der Waals surface area contributed by atoms with Gasteiger partial charge in [-0.15, -0.1) is 0 Å². The Kier molecular flexibility index (Phi) is 4.95. The molecule has 0 aromatic carbocycles. The molecule has 0 aromatic heterocycles. The van der Waals surface area contributed by atoms with E-state index in [9.17, 15) is 13.2 Å². The second-order valence-electron chi connectivity index (χ2n) is 7.03. The number of rotatable bonds is 4. The molecule has 2 aliphatic rings. The molecule has 2 heterocycles. The molecular formula is C14H26N2O4S. The lowest BCUT2D eigenvalue weighted by Crippen LogP contribution is -2.52. The highest BCUT2D eigenvalue weighted by molar-refractivity contribution is 7.89. The van der Waals surface area contributed by atoms with E-state index in [-0.39, 0.29) is 17.1 Å². The van der Waals surface area contributed by atoms with E-state index in [0.29, 0.717) is 32.8 Å². The first-order chi connectivity index (χ1) is 9.71. The third kappa shape index (κ3) is 3.96. The number of carbonyl (C=O) groups is 1. The van der Waals surface area contributed by atoms with Crippen LogP contribution in [0, 0.1) is 11.3 Å². The zero-order chi connectivity index (χ0) is 15.7. The van der Waals surface area contributed by atoms with E-state index in [4.69, 9.17) is 4.74 Å². The molecule has 0 aliphatic carbocycles. The molecule has 2 aliphatic heterocycles. The molecule has 1 atom stereocenters. The van der Waals surface area contributed by atoms with Crippen LogP contribution in [-0.4, -0.2) is 56.7 Å². The van der Waals surface area contributed by atoms with Crippen molar-refractivity contribution in [1.82, 2.24) is 9.62 Å². The van der Waals surface area contributed by atoms with Gasteiger partial charge in [-0.2, -0.15) is 0 Å². The van der Waals surface area contributed by atoms with E-state index in [0.717, 1.165) is 12.8 Å². The van der Waals surface area contributed by atoms with Gasteiger partial charge < -0.3 is 10.1 Å². The molecule has 122 valence electrons. The van der Waals surface area contributed by atoms with E-state index in [2.05, 4.69) is 5.32 Å². The molecule has 0 aromatic rings. The summed E-state index contributed by atoms with van der Waals surface area (Å²) in [5.74, 6) is 0.204. The number of nitrogens with one attached hydrogen (secondary N) is 1. The minimum Gasteiger partial charge on any atom is -0.378 e. The molecule has 0 bridgehead atoms. The van der Waals surface area contributed by atoms with Crippen molar-refractivity contribution in [3.8, 4) is 0 Å². The summed E-state index contributed by atoms with van der Waals surface area (Å²) in [5, 5.41) is 2.56. The average molecular weight is 318 g/mol. The van der Waals surface area contributed by atoms with Gasteiger partial charge >= 0.3 is 0 Å². The summed E-state index contributed by atoms with van der Waals surface area (Å²) in [6.07, 6.45) is 1.81. The summed E-state index contributed by atoms with van der Waals surface area (Å²) in [6.45, 7) is 7.87. The Morgan fingerprint density at radius 3 is 2.52 bits per heavy atom. The Morgan fingerprint density at radius 2 is 2.00 bits per heavy atom. The predicted molar refractivity (Wildman–Crippen MR) is 80.3 cm³/mol. The monoisotopic (exact) mass is 318 g/mol. The minimum atomic E-state index is -3.23. The minimum absolute atomic E-state index is 0.00914. The third-order valence-corrected chi connectivity index (χ3v) is 6.27. The molecule has 1 unspecified atom stereocenters. The molecule has 0 saturated carbocycles. The van der Waals surface area contributed by atoms with Crippen molar-refractivity contribution in [3.05, 3.63) is 0 Å². The predicted octanol–water partition coefficient (Wildman–Crippen LogP) is 0.589. The van der Waals surface area contributed by atoms with E-state index in [1.807, 2.05) is 20.8 Å². The van der Waals surface area contributed by atoms with Gasteiger partial charge in [0, 0.05) is 25.0 Å². The summed E-state index contributed by atoms with van der Waals surface area (Å²) in [7, 11) is -3.23. The van der Waals surface area contributed by atoms with Crippen LogP contribution in [0.4, 0.5) is 0 Å². The van der Waals surface area contributed by atoms with Crippen LogP contribution in [0.5, 0.6) is 0 Å². The number of sulfonamides is 1. The van der Waals surface area contributed by atoms with E-state index in [1.165, 1.54) is 0 Å². The molecule has 0 radical (unpaired) electrons. The van der Waals surface area contributed by atoms with Gasteiger partial charge in [-0.25, -0.2) is 12.7 Å². The highest BCUT2D eigenvalue weighted by Crippen LogP contribution is 2.24. The molecular weight excluding hydrogens is 292 g/mol. The van der Waals surface area contributed by atoms with Gasteiger partial charge in [0.05, 0.1) is 13.2 Å². The topological polar surface area (TPSA) is 75.7 Å². The lowest BCUT2D eigenvalue weighted by Gasteiger charge is -2.37. The fourth-order valence-electron chi connectivity index (χ4n) is 2.52. The van der Waals surface area contributed by atoms with Gasteiger partial charge in [0.1, 0.15) is 5.25 Å². The molecule has 6 nitrogen and oxygen atoms in total. The van der Waals surface area contributed by atoms with Gasteiger partial charge in [0.15, 0.2) is 0 Å². The second kappa shape index (κ2) is 6.22. The first-order valence-electron chi connectivity index (χ1n) is 7.56. The van der Waals surface area contributed by atoms with Crippen molar-refractivity contribution >= 4 is 15.9 Å². The molecule has 21 heavy (non-hydrogen) atoms. The first-order valence-corrected chi connectivity index (χ1v) is 9.06. The summed E-state index contributed by atoms with van der Waals surface area (Å²) >= 11 is 0. The molecule has 2 saturated heterocycles. The zero-order valence-corrected chi connectivity index (χ0v) is 13.9. The summed E-state index contributed by atoms with van der Waals surface area (Å²) in [6, 6.07) is 0. The smallest absolute Gasteiger partial charge is 0.225 e. The molecule has 0 spiro atoms. The Hall–Kier alpha value is -0.660. The van der Waals surface area contributed by atoms with Gasteiger partial charge in [-0.1, -0.05) is 20.8 Å². The maximum absolute atomic E-state index is 12.4. The molecule has 7 heteroatoms. The SMILES string of the molecule is CC(C)(C)C(=O)NCC1CCCN(S(=O)(=O)C2COC2)C1. The highest BCUT2D eigenvalue weighted by atomic mass is 32.2.